The van der Waals surface area contributed by atoms with E-state index in [-0.39, 0.29) is 0 Å². The minimum absolute atomic E-state index is 0.675. The zero-order valence-corrected chi connectivity index (χ0v) is 11.1. The third-order valence-electron chi connectivity index (χ3n) is 2.81. The first-order chi connectivity index (χ1) is 8.74. The van der Waals surface area contributed by atoms with Crippen LogP contribution >= 0.6 is 0 Å². The van der Waals surface area contributed by atoms with Crippen LogP contribution in [0.5, 0.6) is 11.5 Å². The summed E-state index contributed by atoms with van der Waals surface area (Å²) in [6, 6.07) is 14.3. The van der Waals surface area contributed by atoms with Gasteiger partial charge >= 0.3 is 0 Å². The van der Waals surface area contributed by atoms with Crippen LogP contribution < -0.4 is 9.47 Å². The lowest BCUT2D eigenvalue weighted by Gasteiger charge is -2.11. The van der Waals surface area contributed by atoms with Gasteiger partial charge in [-0.15, -0.1) is 0 Å². The molecule has 0 saturated heterocycles. The molecule has 0 aliphatic carbocycles. The molecule has 0 aromatic heterocycles. The normalized spacial score (nSPS) is 10.2. The summed E-state index contributed by atoms with van der Waals surface area (Å²) in [6.07, 6.45) is 0. The van der Waals surface area contributed by atoms with Gasteiger partial charge in [-0.1, -0.05) is 23.8 Å². The molecule has 94 valence electrons. The summed E-state index contributed by atoms with van der Waals surface area (Å²) in [5, 5.41) is 0. The lowest BCUT2D eigenvalue weighted by atomic mass is 10.0. The average molecular weight is 242 g/mol. The van der Waals surface area contributed by atoms with E-state index >= 15 is 0 Å². The quantitative estimate of drug-likeness (QED) is 0.804. The van der Waals surface area contributed by atoms with Crippen LogP contribution in [-0.4, -0.2) is 13.7 Å². The van der Waals surface area contributed by atoms with Crippen molar-refractivity contribution >= 4 is 0 Å². The van der Waals surface area contributed by atoms with Crippen LogP contribution in [-0.2, 0) is 0 Å². The Morgan fingerprint density at radius 3 is 2.61 bits per heavy atom. The van der Waals surface area contributed by atoms with Crippen molar-refractivity contribution in [2.24, 2.45) is 0 Å². The van der Waals surface area contributed by atoms with Crippen molar-refractivity contribution in [1.29, 1.82) is 0 Å². The number of benzene rings is 2. The molecular weight excluding hydrogens is 224 g/mol. The second kappa shape index (κ2) is 5.58. The third kappa shape index (κ3) is 2.65. The molecule has 2 rings (SSSR count). The summed E-state index contributed by atoms with van der Waals surface area (Å²) in [5.74, 6) is 1.77. The van der Waals surface area contributed by atoms with Gasteiger partial charge in [0.2, 0.25) is 0 Å². The van der Waals surface area contributed by atoms with E-state index < -0.39 is 0 Å². The molecule has 2 aromatic carbocycles. The molecule has 0 heterocycles. The fraction of sp³-hybridized carbons (Fsp3) is 0.250. The van der Waals surface area contributed by atoms with Gasteiger partial charge in [0.25, 0.3) is 0 Å². The monoisotopic (exact) mass is 242 g/mol. The Labute approximate surface area is 108 Å². The highest BCUT2D eigenvalue weighted by Gasteiger charge is 2.06. The van der Waals surface area contributed by atoms with Gasteiger partial charge in [-0.25, -0.2) is 0 Å². The second-order valence-corrected chi connectivity index (χ2v) is 4.16. The summed E-state index contributed by atoms with van der Waals surface area (Å²) in [7, 11) is 1.70. The maximum absolute atomic E-state index is 5.53. The Morgan fingerprint density at radius 1 is 1.06 bits per heavy atom. The topological polar surface area (TPSA) is 18.5 Å². The molecule has 0 fully saturated rings. The zero-order chi connectivity index (χ0) is 13.0. The summed E-state index contributed by atoms with van der Waals surface area (Å²) >= 11 is 0. The molecule has 0 radical (unpaired) electrons. The van der Waals surface area contributed by atoms with Gasteiger partial charge in [0, 0.05) is 5.56 Å². The van der Waals surface area contributed by atoms with Gasteiger partial charge in [0.1, 0.15) is 11.5 Å². The van der Waals surface area contributed by atoms with Crippen LogP contribution in [0.15, 0.2) is 42.5 Å². The second-order valence-electron chi connectivity index (χ2n) is 4.16. The van der Waals surface area contributed by atoms with Crippen LogP contribution in [0.4, 0.5) is 0 Å². The molecule has 0 N–H and O–H groups in total. The molecule has 2 heteroatoms. The minimum Gasteiger partial charge on any atom is -0.496 e. The number of ether oxygens (including phenoxy) is 2. The van der Waals surface area contributed by atoms with E-state index in [0.717, 1.165) is 22.6 Å². The number of hydrogen-bond donors (Lipinski definition) is 0. The number of rotatable bonds is 4. The number of aryl methyl sites for hydroxylation is 1. The first kappa shape index (κ1) is 12.5. The highest BCUT2D eigenvalue weighted by molar-refractivity contribution is 5.72. The highest BCUT2D eigenvalue weighted by atomic mass is 16.5. The predicted octanol–water partition coefficient (Wildman–Crippen LogP) is 4.07. The van der Waals surface area contributed by atoms with Crippen LogP contribution in [0.3, 0.4) is 0 Å². The van der Waals surface area contributed by atoms with E-state index in [0.29, 0.717) is 6.61 Å². The molecule has 2 aromatic rings. The van der Waals surface area contributed by atoms with Crippen LogP contribution in [0.1, 0.15) is 12.5 Å². The van der Waals surface area contributed by atoms with Crippen molar-refractivity contribution in [3.63, 3.8) is 0 Å². The Hall–Kier alpha value is -1.96. The first-order valence-corrected chi connectivity index (χ1v) is 6.12. The first-order valence-electron chi connectivity index (χ1n) is 6.12. The van der Waals surface area contributed by atoms with E-state index in [4.69, 9.17) is 9.47 Å². The van der Waals surface area contributed by atoms with Crippen LogP contribution in [0.2, 0.25) is 0 Å². The lowest BCUT2D eigenvalue weighted by Crippen LogP contribution is -1.92. The summed E-state index contributed by atoms with van der Waals surface area (Å²) < 4.78 is 10.9. The Kier molecular flexibility index (Phi) is 3.88. The summed E-state index contributed by atoms with van der Waals surface area (Å²) in [5.41, 5.74) is 3.42. The summed E-state index contributed by atoms with van der Waals surface area (Å²) in [6.45, 7) is 4.74. The number of hydrogen-bond acceptors (Lipinski definition) is 2. The van der Waals surface area contributed by atoms with Crippen molar-refractivity contribution < 1.29 is 9.47 Å². The van der Waals surface area contributed by atoms with E-state index in [1.165, 1.54) is 5.56 Å². The van der Waals surface area contributed by atoms with E-state index in [1.807, 2.05) is 31.2 Å². The van der Waals surface area contributed by atoms with Crippen LogP contribution in [0.25, 0.3) is 11.1 Å². The van der Waals surface area contributed by atoms with E-state index in [9.17, 15) is 0 Å². The molecule has 0 spiro atoms. The molecule has 0 aliphatic heterocycles. The molecule has 2 nitrogen and oxygen atoms in total. The SMILES string of the molecule is CCOc1cccc(-c2cc(C)ccc2OC)c1. The predicted molar refractivity (Wildman–Crippen MR) is 74.3 cm³/mol. The van der Waals surface area contributed by atoms with E-state index in [1.54, 1.807) is 7.11 Å². The third-order valence-corrected chi connectivity index (χ3v) is 2.81. The molecule has 0 unspecified atom stereocenters. The van der Waals surface area contributed by atoms with Gasteiger partial charge < -0.3 is 9.47 Å². The van der Waals surface area contributed by atoms with Crippen molar-refractivity contribution in [2.45, 2.75) is 13.8 Å². The highest BCUT2D eigenvalue weighted by Crippen LogP contribution is 2.32. The smallest absolute Gasteiger partial charge is 0.126 e. The number of methoxy groups -OCH3 is 1. The maximum atomic E-state index is 5.53. The molecule has 0 aliphatic rings. The maximum Gasteiger partial charge on any atom is 0.126 e. The molecule has 0 saturated carbocycles. The Bertz CT molecular complexity index is 532. The molecule has 18 heavy (non-hydrogen) atoms. The molecule has 0 amide bonds. The standard InChI is InChI=1S/C16H18O2/c1-4-18-14-7-5-6-13(11-14)15-10-12(2)8-9-16(15)17-3/h5-11H,4H2,1-3H3. The Morgan fingerprint density at radius 2 is 1.89 bits per heavy atom. The van der Waals surface area contributed by atoms with Gasteiger partial charge in [0.05, 0.1) is 13.7 Å². The lowest BCUT2D eigenvalue weighted by molar-refractivity contribution is 0.340. The van der Waals surface area contributed by atoms with Crippen LogP contribution in [0, 0.1) is 6.92 Å². The fourth-order valence-corrected chi connectivity index (χ4v) is 1.97. The Balaban J connectivity index is 2.47. The molecule has 0 atom stereocenters. The van der Waals surface area contributed by atoms with Gasteiger partial charge in [-0.05, 0) is 43.7 Å². The fourth-order valence-electron chi connectivity index (χ4n) is 1.97. The average Bonchev–Trinajstić information content (AvgIpc) is 2.39. The summed E-state index contributed by atoms with van der Waals surface area (Å²) in [4.78, 5) is 0. The largest absolute Gasteiger partial charge is 0.496 e. The van der Waals surface area contributed by atoms with Gasteiger partial charge in [-0.3, -0.25) is 0 Å². The van der Waals surface area contributed by atoms with E-state index in [2.05, 4.69) is 25.1 Å². The van der Waals surface area contributed by atoms with Crippen molar-refractivity contribution in [3.05, 3.63) is 48.0 Å². The van der Waals surface area contributed by atoms with Crippen molar-refractivity contribution in [2.75, 3.05) is 13.7 Å². The van der Waals surface area contributed by atoms with Crippen molar-refractivity contribution in [3.8, 4) is 22.6 Å². The molecule has 0 bridgehead atoms. The zero-order valence-electron chi connectivity index (χ0n) is 11.1. The van der Waals surface area contributed by atoms with Crippen molar-refractivity contribution in [1.82, 2.24) is 0 Å². The molecular formula is C16H18O2. The van der Waals surface area contributed by atoms with Gasteiger partial charge in [0.15, 0.2) is 0 Å². The van der Waals surface area contributed by atoms with Gasteiger partial charge in [-0.2, -0.15) is 0 Å². The minimum atomic E-state index is 0.675.